The Kier molecular flexibility index (Phi) is 3.01. The highest BCUT2D eigenvalue weighted by atomic mass is 19.1. The lowest BCUT2D eigenvalue weighted by Crippen LogP contribution is -2.02. The van der Waals surface area contributed by atoms with E-state index in [0.717, 1.165) is 23.0 Å². The van der Waals surface area contributed by atoms with E-state index in [2.05, 4.69) is 9.97 Å². The van der Waals surface area contributed by atoms with Gasteiger partial charge in [0.25, 0.3) is 0 Å². The molecule has 0 bridgehead atoms. The van der Waals surface area contributed by atoms with Gasteiger partial charge in [-0.2, -0.15) is 0 Å². The number of fused-ring (bicyclic) bond motifs is 1. The number of nitrogens with zero attached hydrogens (tertiary/aromatic N) is 1. The number of halogens is 1. The Morgan fingerprint density at radius 1 is 1.16 bits per heavy atom. The van der Waals surface area contributed by atoms with E-state index < -0.39 is 0 Å². The summed E-state index contributed by atoms with van der Waals surface area (Å²) in [6.07, 6.45) is 0.823. The fourth-order valence-corrected chi connectivity index (χ4v) is 2.16. The summed E-state index contributed by atoms with van der Waals surface area (Å²) < 4.78 is 13.7. The average Bonchev–Trinajstić information content (AvgIpc) is 2.82. The van der Waals surface area contributed by atoms with Crippen LogP contribution in [0.25, 0.3) is 22.4 Å². The van der Waals surface area contributed by atoms with Crippen LogP contribution in [0.5, 0.6) is 0 Å². The molecule has 1 heterocycles. The van der Waals surface area contributed by atoms with Crippen molar-refractivity contribution < 1.29 is 4.39 Å². The Morgan fingerprint density at radius 2 is 2.00 bits per heavy atom. The van der Waals surface area contributed by atoms with Gasteiger partial charge < -0.3 is 10.7 Å². The molecule has 3 N–H and O–H groups in total. The lowest BCUT2D eigenvalue weighted by Gasteiger charge is -1.97. The van der Waals surface area contributed by atoms with E-state index >= 15 is 0 Å². The number of imidazole rings is 1. The molecule has 0 fully saturated rings. The topological polar surface area (TPSA) is 54.7 Å². The molecule has 1 aromatic heterocycles. The third-order valence-electron chi connectivity index (χ3n) is 3.11. The van der Waals surface area contributed by atoms with E-state index in [1.165, 1.54) is 6.07 Å². The highest BCUT2D eigenvalue weighted by Crippen LogP contribution is 2.23. The molecule has 0 atom stereocenters. The van der Waals surface area contributed by atoms with Crippen molar-refractivity contribution in [3.63, 3.8) is 0 Å². The average molecular weight is 255 g/mol. The van der Waals surface area contributed by atoms with Gasteiger partial charge in [-0.1, -0.05) is 18.2 Å². The first-order valence-corrected chi connectivity index (χ1v) is 6.21. The van der Waals surface area contributed by atoms with Crippen LogP contribution in [-0.2, 0) is 6.42 Å². The monoisotopic (exact) mass is 255 g/mol. The van der Waals surface area contributed by atoms with Gasteiger partial charge in [-0.25, -0.2) is 9.37 Å². The van der Waals surface area contributed by atoms with E-state index in [-0.39, 0.29) is 5.82 Å². The van der Waals surface area contributed by atoms with Gasteiger partial charge in [0.1, 0.15) is 11.6 Å². The summed E-state index contributed by atoms with van der Waals surface area (Å²) in [6, 6.07) is 12.6. The number of H-pyrrole nitrogens is 1. The van der Waals surface area contributed by atoms with Gasteiger partial charge in [-0.05, 0) is 42.8 Å². The van der Waals surface area contributed by atoms with Crippen molar-refractivity contribution in [1.29, 1.82) is 0 Å². The fraction of sp³-hybridized carbons (Fsp3) is 0.133. The van der Waals surface area contributed by atoms with Crippen molar-refractivity contribution in [1.82, 2.24) is 9.97 Å². The summed E-state index contributed by atoms with van der Waals surface area (Å²) >= 11 is 0. The number of nitrogens with one attached hydrogen (secondary N) is 1. The molecule has 0 spiro atoms. The summed E-state index contributed by atoms with van der Waals surface area (Å²) in [5.41, 5.74) is 8.92. The van der Waals surface area contributed by atoms with Crippen LogP contribution in [0.4, 0.5) is 4.39 Å². The predicted molar refractivity (Wildman–Crippen MR) is 74.2 cm³/mol. The summed E-state index contributed by atoms with van der Waals surface area (Å²) in [4.78, 5) is 7.58. The third-order valence-corrected chi connectivity index (χ3v) is 3.11. The Balaban J connectivity index is 2.09. The molecule has 96 valence electrons. The van der Waals surface area contributed by atoms with Crippen molar-refractivity contribution in [2.75, 3.05) is 6.54 Å². The molecule has 0 radical (unpaired) electrons. The van der Waals surface area contributed by atoms with E-state index in [1.54, 1.807) is 18.2 Å². The predicted octanol–water partition coefficient (Wildman–Crippen LogP) is 2.87. The minimum absolute atomic E-state index is 0.274. The molecule has 3 nitrogen and oxygen atoms in total. The molecule has 0 aliphatic heterocycles. The fourth-order valence-electron chi connectivity index (χ4n) is 2.16. The van der Waals surface area contributed by atoms with Gasteiger partial charge in [-0.3, -0.25) is 0 Å². The van der Waals surface area contributed by atoms with Gasteiger partial charge >= 0.3 is 0 Å². The standard InChI is InChI=1S/C15H14FN3/c16-12-4-2-1-3-11(12)15-18-13-6-5-10(7-8-17)9-14(13)19-15/h1-6,9H,7-8,17H2,(H,18,19). The Morgan fingerprint density at radius 3 is 2.79 bits per heavy atom. The van der Waals surface area contributed by atoms with E-state index in [9.17, 15) is 4.39 Å². The molecular formula is C15H14FN3. The van der Waals surface area contributed by atoms with Crippen LogP contribution in [0, 0.1) is 5.82 Å². The quantitative estimate of drug-likeness (QED) is 0.756. The van der Waals surface area contributed by atoms with Crippen molar-refractivity contribution in [2.24, 2.45) is 5.73 Å². The first-order valence-electron chi connectivity index (χ1n) is 6.21. The first kappa shape index (κ1) is 11.9. The molecule has 0 saturated carbocycles. The SMILES string of the molecule is NCCc1ccc2nc(-c3ccccc3F)[nH]c2c1. The lowest BCUT2D eigenvalue weighted by molar-refractivity contribution is 0.630. The highest BCUT2D eigenvalue weighted by Gasteiger charge is 2.09. The van der Waals surface area contributed by atoms with E-state index in [0.29, 0.717) is 17.9 Å². The summed E-state index contributed by atoms with van der Waals surface area (Å²) in [5.74, 6) is 0.279. The first-order chi connectivity index (χ1) is 9.28. The van der Waals surface area contributed by atoms with Gasteiger partial charge in [0.15, 0.2) is 0 Å². The molecule has 0 unspecified atom stereocenters. The maximum Gasteiger partial charge on any atom is 0.141 e. The smallest absolute Gasteiger partial charge is 0.141 e. The van der Waals surface area contributed by atoms with Gasteiger partial charge in [0.2, 0.25) is 0 Å². The molecule has 3 rings (SSSR count). The molecule has 4 heteroatoms. The van der Waals surface area contributed by atoms with Crippen LogP contribution in [0.15, 0.2) is 42.5 Å². The largest absolute Gasteiger partial charge is 0.338 e. The van der Waals surface area contributed by atoms with Crippen LogP contribution in [0.3, 0.4) is 0 Å². The van der Waals surface area contributed by atoms with E-state index in [1.807, 2.05) is 18.2 Å². The van der Waals surface area contributed by atoms with Crippen molar-refractivity contribution in [2.45, 2.75) is 6.42 Å². The Bertz CT molecular complexity index is 718. The number of hydrogen-bond acceptors (Lipinski definition) is 2. The summed E-state index contributed by atoms with van der Waals surface area (Å²) in [7, 11) is 0. The molecular weight excluding hydrogens is 241 g/mol. The Hall–Kier alpha value is -2.20. The van der Waals surface area contributed by atoms with E-state index in [4.69, 9.17) is 5.73 Å². The zero-order valence-corrected chi connectivity index (χ0v) is 10.4. The zero-order valence-electron chi connectivity index (χ0n) is 10.4. The number of benzene rings is 2. The van der Waals surface area contributed by atoms with Crippen LogP contribution in [-0.4, -0.2) is 16.5 Å². The molecule has 0 amide bonds. The molecule has 3 aromatic rings. The van der Waals surface area contributed by atoms with Gasteiger partial charge in [0, 0.05) is 0 Å². The normalized spacial score (nSPS) is 11.1. The second-order valence-corrected chi connectivity index (χ2v) is 4.46. The summed E-state index contributed by atoms with van der Waals surface area (Å²) in [5, 5.41) is 0. The van der Waals surface area contributed by atoms with Crippen LogP contribution < -0.4 is 5.73 Å². The maximum atomic E-state index is 13.7. The minimum atomic E-state index is -0.274. The minimum Gasteiger partial charge on any atom is -0.338 e. The van der Waals surface area contributed by atoms with Gasteiger partial charge in [0.05, 0.1) is 16.6 Å². The molecule has 0 aliphatic carbocycles. The maximum absolute atomic E-state index is 13.7. The number of rotatable bonds is 3. The number of aromatic amines is 1. The molecule has 2 aromatic carbocycles. The van der Waals surface area contributed by atoms with Crippen molar-refractivity contribution >= 4 is 11.0 Å². The molecule has 0 aliphatic rings. The zero-order chi connectivity index (χ0) is 13.2. The lowest BCUT2D eigenvalue weighted by atomic mass is 10.1. The highest BCUT2D eigenvalue weighted by molar-refractivity contribution is 5.80. The number of aromatic nitrogens is 2. The van der Waals surface area contributed by atoms with Crippen LogP contribution in [0.2, 0.25) is 0 Å². The second-order valence-electron chi connectivity index (χ2n) is 4.46. The van der Waals surface area contributed by atoms with Crippen molar-refractivity contribution in [3.8, 4) is 11.4 Å². The van der Waals surface area contributed by atoms with Gasteiger partial charge in [-0.15, -0.1) is 0 Å². The number of nitrogens with two attached hydrogens (primary N) is 1. The Labute approximate surface area is 110 Å². The second kappa shape index (κ2) is 4.82. The van der Waals surface area contributed by atoms with Crippen molar-refractivity contribution in [3.05, 3.63) is 53.8 Å². The third kappa shape index (κ3) is 2.22. The molecule has 0 saturated heterocycles. The summed E-state index contributed by atoms with van der Waals surface area (Å²) in [6.45, 7) is 0.611. The van der Waals surface area contributed by atoms with Crippen LogP contribution in [0.1, 0.15) is 5.56 Å². The molecule has 19 heavy (non-hydrogen) atoms. The number of hydrogen-bond donors (Lipinski definition) is 2. The van der Waals surface area contributed by atoms with Crippen LogP contribution >= 0.6 is 0 Å².